The van der Waals surface area contributed by atoms with Gasteiger partial charge in [0.2, 0.25) is 0 Å². The standard InChI is InChI=1S/C18H21N3O5/c1-4-5-13-9-15(21-20-13)18(24)26-10-16(22)19-14-8-12(17(23)25-3)7-6-11(14)2/h6-9H,4-5,10H2,1-3H3,(H,19,22)(H,20,21). The molecule has 0 aliphatic rings. The number of nitrogens with one attached hydrogen (secondary N) is 2. The molecule has 0 aliphatic heterocycles. The highest BCUT2D eigenvalue weighted by atomic mass is 16.5. The van der Waals surface area contributed by atoms with Crippen molar-refractivity contribution in [3.05, 3.63) is 46.8 Å². The van der Waals surface area contributed by atoms with Crippen molar-refractivity contribution in [1.82, 2.24) is 10.2 Å². The van der Waals surface area contributed by atoms with E-state index < -0.39 is 24.5 Å². The number of nitrogens with zero attached hydrogens (tertiary/aromatic N) is 1. The lowest BCUT2D eigenvalue weighted by Crippen LogP contribution is -2.21. The van der Waals surface area contributed by atoms with Crippen LogP contribution in [0, 0.1) is 6.92 Å². The second-order valence-corrected chi connectivity index (χ2v) is 5.67. The highest BCUT2D eigenvalue weighted by Gasteiger charge is 2.15. The number of hydrogen-bond acceptors (Lipinski definition) is 6. The molecule has 138 valence electrons. The average Bonchev–Trinajstić information content (AvgIpc) is 3.10. The number of H-pyrrole nitrogens is 1. The smallest absolute Gasteiger partial charge is 0.359 e. The fourth-order valence-corrected chi connectivity index (χ4v) is 2.26. The van der Waals surface area contributed by atoms with Crippen LogP contribution in [0.5, 0.6) is 0 Å². The predicted molar refractivity (Wildman–Crippen MR) is 94.0 cm³/mol. The number of carbonyl (C=O) groups excluding carboxylic acids is 3. The second kappa shape index (κ2) is 8.80. The molecule has 1 aromatic carbocycles. The van der Waals surface area contributed by atoms with E-state index in [4.69, 9.17) is 4.74 Å². The molecule has 2 aromatic rings. The molecular weight excluding hydrogens is 338 g/mol. The number of ether oxygens (including phenoxy) is 2. The molecule has 8 nitrogen and oxygen atoms in total. The summed E-state index contributed by atoms with van der Waals surface area (Å²) in [4.78, 5) is 35.5. The first-order chi connectivity index (χ1) is 12.4. The number of methoxy groups -OCH3 is 1. The molecule has 0 atom stereocenters. The van der Waals surface area contributed by atoms with Crippen LogP contribution in [0.3, 0.4) is 0 Å². The molecule has 1 heterocycles. The fraction of sp³-hybridized carbons (Fsp3) is 0.333. The molecule has 8 heteroatoms. The van der Waals surface area contributed by atoms with Crippen molar-refractivity contribution in [2.45, 2.75) is 26.7 Å². The van der Waals surface area contributed by atoms with E-state index in [0.29, 0.717) is 11.3 Å². The molecular formula is C18H21N3O5. The fourth-order valence-electron chi connectivity index (χ4n) is 2.26. The average molecular weight is 359 g/mol. The first-order valence-electron chi connectivity index (χ1n) is 8.14. The van der Waals surface area contributed by atoms with E-state index in [0.717, 1.165) is 24.1 Å². The van der Waals surface area contributed by atoms with Crippen LogP contribution in [0.15, 0.2) is 24.3 Å². The van der Waals surface area contributed by atoms with E-state index in [1.807, 2.05) is 6.92 Å². The summed E-state index contributed by atoms with van der Waals surface area (Å²) in [6.45, 7) is 3.33. The largest absolute Gasteiger partial charge is 0.465 e. The Bertz CT molecular complexity index is 813. The van der Waals surface area contributed by atoms with Crippen LogP contribution in [0.4, 0.5) is 5.69 Å². The maximum absolute atomic E-state index is 12.0. The number of aryl methyl sites for hydroxylation is 2. The van der Waals surface area contributed by atoms with Crippen molar-refractivity contribution in [2.24, 2.45) is 0 Å². The number of aromatic nitrogens is 2. The first-order valence-corrected chi connectivity index (χ1v) is 8.14. The van der Waals surface area contributed by atoms with Gasteiger partial charge < -0.3 is 14.8 Å². The van der Waals surface area contributed by atoms with Crippen molar-refractivity contribution >= 4 is 23.5 Å². The van der Waals surface area contributed by atoms with Gasteiger partial charge in [-0.1, -0.05) is 19.4 Å². The van der Waals surface area contributed by atoms with E-state index >= 15 is 0 Å². The molecule has 0 radical (unpaired) electrons. The number of aromatic amines is 1. The van der Waals surface area contributed by atoms with Gasteiger partial charge in [-0.3, -0.25) is 9.89 Å². The maximum atomic E-state index is 12.0. The van der Waals surface area contributed by atoms with Gasteiger partial charge in [-0.05, 0) is 37.1 Å². The number of benzene rings is 1. The molecule has 1 amide bonds. The molecule has 0 unspecified atom stereocenters. The summed E-state index contributed by atoms with van der Waals surface area (Å²) in [5.74, 6) is -1.71. The van der Waals surface area contributed by atoms with Gasteiger partial charge in [0, 0.05) is 11.4 Å². The van der Waals surface area contributed by atoms with E-state index in [9.17, 15) is 14.4 Å². The van der Waals surface area contributed by atoms with Crippen molar-refractivity contribution in [3.63, 3.8) is 0 Å². The van der Waals surface area contributed by atoms with E-state index in [2.05, 4.69) is 20.3 Å². The third kappa shape index (κ3) is 4.92. The molecule has 26 heavy (non-hydrogen) atoms. The van der Waals surface area contributed by atoms with Gasteiger partial charge in [0.15, 0.2) is 12.3 Å². The van der Waals surface area contributed by atoms with Gasteiger partial charge in [0.05, 0.1) is 12.7 Å². The molecule has 1 aromatic heterocycles. The number of esters is 2. The number of amides is 1. The lowest BCUT2D eigenvalue weighted by molar-refractivity contribution is -0.119. The zero-order chi connectivity index (χ0) is 19.1. The van der Waals surface area contributed by atoms with Crippen LogP contribution >= 0.6 is 0 Å². The van der Waals surface area contributed by atoms with Crippen LogP contribution in [-0.4, -0.2) is 41.8 Å². The van der Waals surface area contributed by atoms with Gasteiger partial charge in [-0.2, -0.15) is 5.10 Å². The van der Waals surface area contributed by atoms with E-state index in [-0.39, 0.29) is 5.69 Å². The minimum atomic E-state index is -0.682. The Morgan fingerprint density at radius 1 is 1.19 bits per heavy atom. The SMILES string of the molecule is CCCc1cc(C(=O)OCC(=O)Nc2cc(C(=O)OC)ccc2C)n[nH]1. The zero-order valence-corrected chi connectivity index (χ0v) is 14.9. The van der Waals surface area contributed by atoms with Gasteiger partial charge in [-0.25, -0.2) is 9.59 Å². The second-order valence-electron chi connectivity index (χ2n) is 5.67. The Morgan fingerprint density at radius 3 is 2.65 bits per heavy atom. The number of hydrogen-bond donors (Lipinski definition) is 2. The maximum Gasteiger partial charge on any atom is 0.359 e. The summed E-state index contributed by atoms with van der Waals surface area (Å²) in [5, 5.41) is 9.23. The van der Waals surface area contributed by atoms with Crippen LogP contribution in [-0.2, 0) is 20.7 Å². The first kappa shape index (κ1) is 19.2. The van der Waals surface area contributed by atoms with Gasteiger partial charge in [0.25, 0.3) is 5.91 Å². The van der Waals surface area contributed by atoms with Crippen molar-refractivity contribution < 1.29 is 23.9 Å². The zero-order valence-electron chi connectivity index (χ0n) is 14.9. The number of anilines is 1. The molecule has 0 saturated heterocycles. The monoisotopic (exact) mass is 359 g/mol. The van der Waals surface area contributed by atoms with Crippen molar-refractivity contribution in [2.75, 3.05) is 19.0 Å². The van der Waals surface area contributed by atoms with Crippen molar-refractivity contribution in [1.29, 1.82) is 0 Å². The summed E-state index contributed by atoms with van der Waals surface area (Å²) in [6.07, 6.45) is 1.69. The Labute approximate surface area is 150 Å². The van der Waals surface area contributed by atoms with E-state index in [1.165, 1.54) is 13.2 Å². The molecule has 0 fully saturated rings. The normalized spacial score (nSPS) is 10.3. The molecule has 2 rings (SSSR count). The minimum Gasteiger partial charge on any atom is -0.465 e. The Kier molecular flexibility index (Phi) is 6.48. The van der Waals surface area contributed by atoms with Gasteiger partial charge >= 0.3 is 11.9 Å². The third-order valence-electron chi connectivity index (χ3n) is 3.63. The molecule has 0 saturated carbocycles. The molecule has 0 spiro atoms. The summed E-state index contributed by atoms with van der Waals surface area (Å²) in [6, 6.07) is 6.40. The molecule has 0 bridgehead atoms. The lowest BCUT2D eigenvalue weighted by atomic mass is 10.1. The van der Waals surface area contributed by atoms with Crippen LogP contribution in [0.1, 0.15) is 45.4 Å². The Balaban J connectivity index is 1.94. The quantitative estimate of drug-likeness (QED) is 0.734. The highest BCUT2D eigenvalue weighted by Crippen LogP contribution is 2.17. The van der Waals surface area contributed by atoms with Crippen LogP contribution < -0.4 is 5.32 Å². The van der Waals surface area contributed by atoms with Gasteiger partial charge in [0.1, 0.15) is 0 Å². The highest BCUT2D eigenvalue weighted by molar-refractivity contribution is 5.97. The predicted octanol–water partition coefficient (Wildman–Crippen LogP) is 2.25. The topological polar surface area (TPSA) is 110 Å². The summed E-state index contributed by atoms with van der Waals surface area (Å²) < 4.78 is 9.62. The van der Waals surface area contributed by atoms with E-state index in [1.54, 1.807) is 25.1 Å². The molecule has 2 N–H and O–H groups in total. The Morgan fingerprint density at radius 2 is 1.96 bits per heavy atom. The number of rotatable bonds is 7. The lowest BCUT2D eigenvalue weighted by Gasteiger charge is -2.10. The summed E-state index contributed by atoms with van der Waals surface area (Å²) in [5.41, 5.74) is 2.47. The number of carbonyl (C=O) groups is 3. The summed E-state index contributed by atoms with van der Waals surface area (Å²) in [7, 11) is 1.28. The van der Waals surface area contributed by atoms with Crippen LogP contribution in [0.25, 0.3) is 0 Å². The molecule has 0 aliphatic carbocycles. The Hall–Kier alpha value is -3.16. The van der Waals surface area contributed by atoms with Gasteiger partial charge in [-0.15, -0.1) is 0 Å². The van der Waals surface area contributed by atoms with Crippen LogP contribution in [0.2, 0.25) is 0 Å². The third-order valence-corrected chi connectivity index (χ3v) is 3.63. The minimum absolute atomic E-state index is 0.130. The van der Waals surface area contributed by atoms with Crippen molar-refractivity contribution in [3.8, 4) is 0 Å². The summed E-state index contributed by atoms with van der Waals surface area (Å²) >= 11 is 0.